The van der Waals surface area contributed by atoms with Crippen molar-refractivity contribution < 1.29 is 24.4 Å². The van der Waals surface area contributed by atoms with Crippen molar-refractivity contribution in [2.45, 2.75) is 0 Å². The van der Waals surface area contributed by atoms with Crippen LogP contribution in [0.4, 0.5) is 11.4 Å². The molecule has 114 valence electrons. The Labute approximate surface area is 128 Å². The first kappa shape index (κ1) is 14.4. The zero-order valence-electron chi connectivity index (χ0n) is 11.4. The Bertz CT molecular complexity index is 889. The van der Waals surface area contributed by atoms with Gasteiger partial charge in [0.15, 0.2) is 0 Å². The van der Waals surface area contributed by atoms with Gasteiger partial charge in [-0.1, -0.05) is 24.3 Å². The first-order valence-electron chi connectivity index (χ1n) is 6.40. The van der Waals surface area contributed by atoms with Gasteiger partial charge in [0.2, 0.25) is 0 Å². The largest absolute Gasteiger partial charge is 0.545 e. The maximum absolute atomic E-state index is 12.5. The lowest BCUT2D eigenvalue weighted by Gasteiger charge is -2.18. The first-order valence-corrected chi connectivity index (χ1v) is 6.40. The lowest BCUT2D eigenvalue weighted by molar-refractivity contribution is -0.385. The molecule has 8 nitrogen and oxygen atoms in total. The van der Waals surface area contributed by atoms with Crippen LogP contribution in [0.1, 0.15) is 31.1 Å². The summed E-state index contributed by atoms with van der Waals surface area (Å²) in [6.45, 7) is 0. The molecule has 0 saturated heterocycles. The van der Waals surface area contributed by atoms with Crippen LogP contribution in [0.25, 0.3) is 0 Å². The average Bonchev–Trinajstić information content (AvgIpc) is 2.78. The molecule has 0 aliphatic carbocycles. The summed E-state index contributed by atoms with van der Waals surface area (Å²) < 4.78 is 0. The highest BCUT2D eigenvalue weighted by atomic mass is 16.6. The lowest BCUT2D eigenvalue weighted by atomic mass is 10.1. The summed E-state index contributed by atoms with van der Waals surface area (Å²) in [7, 11) is 0. The van der Waals surface area contributed by atoms with Gasteiger partial charge in [-0.15, -0.1) is 0 Å². The second kappa shape index (κ2) is 5.02. The Balaban J connectivity index is 2.21. The third kappa shape index (κ3) is 2.04. The molecule has 0 atom stereocenters. The van der Waals surface area contributed by atoms with Gasteiger partial charge in [0.05, 0.1) is 22.1 Å². The van der Waals surface area contributed by atoms with Crippen molar-refractivity contribution >= 4 is 29.2 Å². The minimum absolute atomic E-state index is 0.141. The number of nitrogens with zero attached hydrogens (tertiary/aromatic N) is 2. The van der Waals surface area contributed by atoms with Crippen molar-refractivity contribution in [1.82, 2.24) is 0 Å². The molecule has 1 aliphatic heterocycles. The molecule has 1 heterocycles. The number of hydrogen-bond donors (Lipinski definition) is 0. The summed E-state index contributed by atoms with van der Waals surface area (Å²) in [4.78, 5) is 47.0. The van der Waals surface area contributed by atoms with Crippen molar-refractivity contribution in [3.8, 4) is 0 Å². The number of hydrogen-bond acceptors (Lipinski definition) is 6. The Morgan fingerprint density at radius 1 is 1.00 bits per heavy atom. The fourth-order valence-electron chi connectivity index (χ4n) is 2.48. The zero-order chi connectivity index (χ0) is 16.7. The molecule has 0 unspecified atom stereocenters. The van der Waals surface area contributed by atoms with Gasteiger partial charge in [0, 0.05) is 11.6 Å². The van der Waals surface area contributed by atoms with Gasteiger partial charge in [-0.2, -0.15) is 0 Å². The quantitative estimate of drug-likeness (QED) is 0.468. The fourth-order valence-corrected chi connectivity index (χ4v) is 2.48. The van der Waals surface area contributed by atoms with E-state index in [0.29, 0.717) is 4.90 Å². The molecule has 2 amide bonds. The summed E-state index contributed by atoms with van der Waals surface area (Å²) in [5, 5.41) is 22.2. The van der Waals surface area contributed by atoms with Crippen LogP contribution in [0.3, 0.4) is 0 Å². The second-order valence-corrected chi connectivity index (χ2v) is 4.71. The summed E-state index contributed by atoms with van der Waals surface area (Å²) in [5.41, 5.74) is -1.54. The van der Waals surface area contributed by atoms with Crippen molar-refractivity contribution in [3.05, 3.63) is 69.3 Å². The van der Waals surface area contributed by atoms with Crippen LogP contribution in [0.5, 0.6) is 0 Å². The number of benzene rings is 2. The molecule has 2 aromatic carbocycles. The number of para-hydroxylation sites is 1. The van der Waals surface area contributed by atoms with E-state index in [-0.39, 0.29) is 22.4 Å². The molecule has 0 N–H and O–H groups in total. The van der Waals surface area contributed by atoms with E-state index in [9.17, 15) is 29.6 Å². The molecule has 0 bridgehead atoms. The number of carbonyl (C=O) groups is 3. The van der Waals surface area contributed by atoms with Gasteiger partial charge < -0.3 is 9.90 Å². The molecular formula is C15H7N2O6-. The maximum atomic E-state index is 12.5. The number of aromatic carboxylic acids is 1. The van der Waals surface area contributed by atoms with Crippen LogP contribution in [0, 0.1) is 10.1 Å². The highest BCUT2D eigenvalue weighted by molar-refractivity contribution is 6.36. The second-order valence-electron chi connectivity index (χ2n) is 4.71. The minimum Gasteiger partial charge on any atom is -0.545 e. The molecule has 2 aromatic rings. The Hall–Kier alpha value is -3.55. The number of carboxylic acids is 1. The van der Waals surface area contributed by atoms with Crippen molar-refractivity contribution in [3.63, 3.8) is 0 Å². The number of imide groups is 1. The number of nitro benzene ring substituents is 1. The standard InChI is InChI=1S/C15H8N2O6/c18-13-9-5-3-7-11(17(22)23)12(9)14(19)16(13)10-6-2-1-4-8(10)15(20)21/h1-7H,(H,20,21)/p-1. The SMILES string of the molecule is O=C([O-])c1ccccc1N1C(=O)c2cccc([N+](=O)[O-])c2C1=O. The molecule has 3 rings (SSSR count). The predicted octanol–water partition coefficient (Wildman–Crippen LogP) is 0.759. The van der Waals surface area contributed by atoms with Crippen LogP contribution in [-0.4, -0.2) is 22.7 Å². The number of amides is 2. The molecule has 1 aliphatic rings. The van der Waals surface area contributed by atoms with Crippen LogP contribution in [-0.2, 0) is 0 Å². The van der Waals surface area contributed by atoms with Crippen LogP contribution >= 0.6 is 0 Å². The molecular weight excluding hydrogens is 304 g/mol. The van der Waals surface area contributed by atoms with Gasteiger partial charge in [0.25, 0.3) is 17.5 Å². The van der Waals surface area contributed by atoms with E-state index in [0.717, 1.165) is 6.07 Å². The summed E-state index contributed by atoms with van der Waals surface area (Å²) in [5.74, 6) is -3.32. The fraction of sp³-hybridized carbons (Fsp3) is 0. The van der Waals surface area contributed by atoms with Crippen molar-refractivity contribution in [1.29, 1.82) is 0 Å². The third-order valence-electron chi connectivity index (χ3n) is 3.45. The highest BCUT2D eigenvalue weighted by Gasteiger charge is 2.42. The number of carboxylic acid groups (broad SMARTS) is 1. The highest BCUT2D eigenvalue weighted by Crippen LogP contribution is 2.34. The summed E-state index contributed by atoms with van der Waals surface area (Å²) in [6, 6.07) is 8.98. The van der Waals surface area contributed by atoms with Gasteiger partial charge >= 0.3 is 0 Å². The summed E-state index contributed by atoms with van der Waals surface area (Å²) in [6.07, 6.45) is 0. The molecule has 8 heteroatoms. The third-order valence-corrected chi connectivity index (χ3v) is 3.45. The molecule has 0 radical (unpaired) electrons. The van der Waals surface area contributed by atoms with Crippen LogP contribution in [0.2, 0.25) is 0 Å². The van der Waals surface area contributed by atoms with E-state index in [1.165, 1.54) is 36.4 Å². The zero-order valence-corrected chi connectivity index (χ0v) is 11.4. The monoisotopic (exact) mass is 311 g/mol. The van der Waals surface area contributed by atoms with Crippen molar-refractivity contribution in [2.24, 2.45) is 0 Å². The Morgan fingerprint density at radius 2 is 1.70 bits per heavy atom. The van der Waals surface area contributed by atoms with Crippen LogP contribution in [0.15, 0.2) is 42.5 Å². The van der Waals surface area contributed by atoms with E-state index in [1.54, 1.807) is 0 Å². The molecule has 0 aromatic heterocycles. The van der Waals surface area contributed by atoms with E-state index in [2.05, 4.69) is 0 Å². The van der Waals surface area contributed by atoms with Gasteiger partial charge in [-0.3, -0.25) is 19.7 Å². The smallest absolute Gasteiger partial charge is 0.283 e. The van der Waals surface area contributed by atoms with Gasteiger partial charge in [-0.25, -0.2) is 4.90 Å². The molecule has 0 spiro atoms. The molecule has 0 saturated carbocycles. The topological polar surface area (TPSA) is 121 Å². The van der Waals surface area contributed by atoms with E-state index >= 15 is 0 Å². The van der Waals surface area contributed by atoms with Crippen LogP contribution < -0.4 is 10.0 Å². The normalized spacial score (nSPS) is 13.1. The van der Waals surface area contributed by atoms with E-state index < -0.39 is 28.4 Å². The first-order chi connectivity index (χ1) is 10.9. The maximum Gasteiger partial charge on any atom is 0.283 e. The molecule has 0 fully saturated rings. The van der Waals surface area contributed by atoms with E-state index in [1.807, 2.05) is 0 Å². The minimum atomic E-state index is -1.56. The number of fused-ring (bicyclic) bond motifs is 1. The molecule has 23 heavy (non-hydrogen) atoms. The number of anilines is 1. The predicted molar refractivity (Wildman–Crippen MR) is 75.0 cm³/mol. The number of nitro groups is 1. The number of rotatable bonds is 3. The summed E-state index contributed by atoms with van der Waals surface area (Å²) >= 11 is 0. The average molecular weight is 311 g/mol. The lowest BCUT2D eigenvalue weighted by Crippen LogP contribution is -2.33. The van der Waals surface area contributed by atoms with Crippen molar-refractivity contribution in [2.75, 3.05) is 4.90 Å². The van der Waals surface area contributed by atoms with E-state index in [4.69, 9.17) is 0 Å². The number of carbonyl (C=O) groups excluding carboxylic acids is 3. The Morgan fingerprint density at radius 3 is 2.35 bits per heavy atom. The Kier molecular flexibility index (Phi) is 3.14. The van der Waals surface area contributed by atoms with Gasteiger partial charge in [0.1, 0.15) is 5.56 Å². The van der Waals surface area contributed by atoms with Gasteiger partial charge in [-0.05, 0) is 12.1 Å².